The SMILES string of the molecule is CC(Nc1ccc(F)cc1I)C(=O)Nc1ccccc1. The van der Waals surface area contributed by atoms with Gasteiger partial charge in [-0.1, -0.05) is 18.2 Å². The van der Waals surface area contributed by atoms with Crippen LogP contribution in [0.2, 0.25) is 0 Å². The van der Waals surface area contributed by atoms with Crippen LogP contribution in [0.25, 0.3) is 0 Å². The summed E-state index contributed by atoms with van der Waals surface area (Å²) in [5.41, 5.74) is 1.49. The predicted octanol–water partition coefficient (Wildman–Crippen LogP) is 3.87. The Balaban J connectivity index is 2.00. The molecule has 0 bridgehead atoms. The summed E-state index contributed by atoms with van der Waals surface area (Å²) >= 11 is 2.03. The molecule has 0 saturated carbocycles. The first kappa shape index (κ1) is 14.8. The van der Waals surface area contributed by atoms with Crippen molar-refractivity contribution in [3.8, 4) is 0 Å². The van der Waals surface area contributed by atoms with Gasteiger partial charge in [-0.25, -0.2) is 4.39 Å². The number of benzene rings is 2. The fourth-order valence-electron chi connectivity index (χ4n) is 1.68. The minimum Gasteiger partial charge on any atom is -0.373 e. The first-order valence-electron chi connectivity index (χ1n) is 6.14. The van der Waals surface area contributed by atoms with E-state index in [0.717, 1.165) is 14.9 Å². The van der Waals surface area contributed by atoms with Crippen molar-refractivity contribution in [1.29, 1.82) is 0 Å². The molecular weight excluding hydrogens is 370 g/mol. The Morgan fingerprint density at radius 3 is 2.55 bits per heavy atom. The molecule has 20 heavy (non-hydrogen) atoms. The van der Waals surface area contributed by atoms with Crippen LogP contribution in [0.5, 0.6) is 0 Å². The second-order valence-corrected chi connectivity index (χ2v) is 5.51. The van der Waals surface area contributed by atoms with E-state index >= 15 is 0 Å². The van der Waals surface area contributed by atoms with Crippen LogP contribution in [0.4, 0.5) is 15.8 Å². The highest BCUT2D eigenvalue weighted by Crippen LogP contribution is 2.20. The summed E-state index contributed by atoms with van der Waals surface area (Å²) < 4.78 is 13.8. The van der Waals surface area contributed by atoms with Gasteiger partial charge in [-0.15, -0.1) is 0 Å². The molecule has 3 nitrogen and oxygen atoms in total. The summed E-state index contributed by atoms with van der Waals surface area (Å²) in [5.74, 6) is -0.433. The number of carbonyl (C=O) groups is 1. The predicted molar refractivity (Wildman–Crippen MR) is 87.3 cm³/mol. The molecular formula is C15H14FIN2O. The molecule has 2 rings (SSSR count). The minimum absolute atomic E-state index is 0.142. The molecule has 2 aromatic carbocycles. The number of anilines is 2. The molecule has 0 aromatic heterocycles. The minimum atomic E-state index is -0.422. The molecule has 0 fully saturated rings. The van der Waals surface area contributed by atoms with Crippen molar-refractivity contribution in [2.45, 2.75) is 13.0 Å². The van der Waals surface area contributed by atoms with Gasteiger partial charge in [-0.3, -0.25) is 4.79 Å². The number of amides is 1. The van der Waals surface area contributed by atoms with Gasteiger partial charge in [0.05, 0.1) is 0 Å². The third kappa shape index (κ3) is 3.93. The smallest absolute Gasteiger partial charge is 0.246 e. The Kier molecular flexibility index (Phi) is 4.94. The van der Waals surface area contributed by atoms with Crippen molar-refractivity contribution in [2.75, 3.05) is 10.6 Å². The Bertz CT molecular complexity index is 604. The van der Waals surface area contributed by atoms with Crippen LogP contribution >= 0.6 is 22.6 Å². The first-order chi connectivity index (χ1) is 9.56. The number of carbonyl (C=O) groups excluding carboxylic acids is 1. The van der Waals surface area contributed by atoms with Gasteiger partial charge in [-0.2, -0.15) is 0 Å². The maximum absolute atomic E-state index is 13.0. The van der Waals surface area contributed by atoms with Gasteiger partial charge in [0.25, 0.3) is 0 Å². The summed E-state index contributed by atoms with van der Waals surface area (Å²) in [6.45, 7) is 1.76. The highest BCUT2D eigenvalue weighted by Gasteiger charge is 2.14. The lowest BCUT2D eigenvalue weighted by Gasteiger charge is -2.16. The van der Waals surface area contributed by atoms with Gasteiger partial charge < -0.3 is 10.6 Å². The molecule has 0 radical (unpaired) electrons. The molecule has 0 heterocycles. The van der Waals surface area contributed by atoms with Crippen LogP contribution in [0.1, 0.15) is 6.92 Å². The van der Waals surface area contributed by atoms with Crippen molar-refractivity contribution >= 4 is 39.9 Å². The van der Waals surface area contributed by atoms with E-state index in [2.05, 4.69) is 10.6 Å². The molecule has 0 aliphatic carbocycles. The van der Waals surface area contributed by atoms with E-state index in [1.807, 2.05) is 52.9 Å². The summed E-state index contributed by atoms with van der Waals surface area (Å²) in [7, 11) is 0. The lowest BCUT2D eigenvalue weighted by Crippen LogP contribution is -2.32. The fraction of sp³-hybridized carbons (Fsp3) is 0.133. The van der Waals surface area contributed by atoms with E-state index in [9.17, 15) is 9.18 Å². The summed E-state index contributed by atoms with van der Waals surface area (Å²) in [5, 5.41) is 5.89. The molecule has 2 N–H and O–H groups in total. The molecule has 0 aliphatic rings. The molecule has 1 atom stereocenters. The average molecular weight is 384 g/mol. The zero-order valence-corrected chi connectivity index (χ0v) is 13.0. The highest BCUT2D eigenvalue weighted by molar-refractivity contribution is 14.1. The summed E-state index contributed by atoms with van der Waals surface area (Å²) in [6, 6.07) is 13.2. The molecule has 0 aliphatic heterocycles. The second kappa shape index (κ2) is 6.69. The number of hydrogen-bond acceptors (Lipinski definition) is 2. The maximum Gasteiger partial charge on any atom is 0.246 e. The molecule has 5 heteroatoms. The first-order valence-corrected chi connectivity index (χ1v) is 7.21. The normalized spacial score (nSPS) is 11.8. The Hall–Kier alpha value is -1.63. The van der Waals surface area contributed by atoms with Gasteiger partial charge in [0.1, 0.15) is 11.9 Å². The fourth-order valence-corrected chi connectivity index (χ4v) is 2.31. The molecule has 1 unspecified atom stereocenters. The monoisotopic (exact) mass is 384 g/mol. The van der Waals surface area contributed by atoms with E-state index in [1.165, 1.54) is 12.1 Å². The van der Waals surface area contributed by atoms with Crippen LogP contribution in [0.15, 0.2) is 48.5 Å². The van der Waals surface area contributed by atoms with Crippen molar-refractivity contribution in [2.24, 2.45) is 0 Å². The van der Waals surface area contributed by atoms with Crippen LogP contribution in [0.3, 0.4) is 0 Å². The summed E-state index contributed by atoms with van der Waals surface area (Å²) in [6.07, 6.45) is 0. The van der Waals surface area contributed by atoms with Gasteiger partial charge in [0.2, 0.25) is 5.91 Å². The average Bonchev–Trinajstić information content (AvgIpc) is 2.43. The Labute approximate surface area is 130 Å². The van der Waals surface area contributed by atoms with E-state index < -0.39 is 6.04 Å². The second-order valence-electron chi connectivity index (χ2n) is 4.35. The standard InChI is InChI=1S/C15H14FIN2O/c1-10(15(20)19-12-5-3-2-4-6-12)18-14-8-7-11(16)9-13(14)17/h2-10,18H,1H3,(H,19,20). The quantitative estimate of drug-likeness (QED) is 0.786. The lowest BCUT2D eigenvalue weighted by molar-refractivity contribution is -0.116. The molecule has 1 amide bonds. The lowest BCUT2D eigenvalue weighted by atomic mass is 10.2. The van der Waals surface area contributed by atoms with Crippen molar-refractivity contribution < 1.29 is 9.18 Å². The molecule has 104 valence electrons. The highest BCUT2D eigenvalue weighted by atomic mass is 127. The van der Waals surface area contributed by atoms with E-state index in [1.54, 1.807) is 13.0 Å². The van der Waals surface area contributed by atoms with Crippen LogP contribution in [0, 0.1) is 9.39 Å². The third-order valence-corrected chi connectivity index (χ3v) is 3.63. The molecule has 0 saturated heterocycles. The number of nitrogens with one attached hydrogen (secondary N) is 2. The summed E-state index contributed by atoms with van der Waals surface area (Å²) in [4.78, 5) is 12.0. The van der Waals surface area contributed by atoms with Gasteiger partial charge in [0, 0.05) is 14.9 Å². The van der Waals surface area contributed by atoms with E-state index in [4.69, 9.17) is 0 Å². The van der Waals surface area contributed by atoms with Gasteiger partial charge in [-0.05, 0) is 59.8 Å². The number of halogens is 2. The van der Waals surface area contributed by atoms with E-state index in [-0.39, 0.29) is 11.7 Å². The number of hydrogen-bond donors (Lipinski definition) is 2. The van der Waals surface area contributed by atoms with Crippen molar-refractivity contribution in [3.05, 3.63) is 57.9 Å². The van der Waals surface area contributed by atoms with Gasteiger partial charge >= 0.3 is 0 Å². The Morgan fingerprint density at radius 2 is 1.90 bits per heavy atom. The Morgan fingerprint density at radius 1 is 1.20 bits per heavy atom. The number of para-hydroxylation sites is 1. The zero-order valence-electron chi connectivity index (χ0n) is 10.9. The third-order valence-electron chi connectivity index (χ3n) is 2.74. The van der Waals surface area contributed by atoms with Crippen LogP contribution in [-0.4, -0.2) is 11.9 Å². The molecule has 2 aromatic rings. The van der Waals surface area contributed by atoms with Crippen LogP contribution in [-0.2, 0) is 4.79 Å². The molecule has 0 spiro atoms. The van der Waals surface area contributed by atoms with E-state index in [0.29, 0.717) is 0 Å². The number of rotatable bonds is 4. The zero-order chi connectivity index (χ0) is 14.5. The largest absolute Gasteiger partial charge is 0.373 e. The topological polar surface area (TPSA) is 41.1 Å². The van der Waals surface area contributed by atoms with Crippen LogP contribution < -0.4 is 10.6 Å². The van der Waals surface area contributed by atoms with Crippen molar-refractivity contribution in [3.63, 3.8) is 0 Å². The van der Waals surface area contributed by atoms with Crippen molar-refractivity contribution in [1.82, 2.24) is 0 Å². The maximum atomic E-state index is 13.0. The van der Waals surface area contributed by atoms with Gasteiger partial charge in [0.15, 0.2) is 0 Å².